The van der Waals surface area contributed by atoms with Crippen molar-refractivity contribution in [2.45, 2.75) is 42.9 Å². The first kappa shape index (κ1) is 23.3. The van der Waals surface area contributed by atoms with Gasteiger partial charge in [0, 0.05) is 0 Å². The lowest BCUT2D eigenvalue weighted by Crippen LogP contribution is -2.55. The van der Waals surface area contributed by atoms with E-state index in [4.69, 9.17) is 24.9 Å². The van der Waals surface area contributed by atoms with E-state index in [1.165, 1.54) is 0 Å². The normalized spacial score (nSPS) is 27.6. The van der Waals surface area contributed by atoms with Gasteiger partial charge in [0.2, 0.25) is 12.0 Å². The number of aliphatic hydroxyl groups is 4. The van der Waals surface area contributed by atoms with E-state index in [-0.39, 0.29) is 6.29 Å². The number of rotatable bonds is 10. The minimum Gasteiger partial charge on any atom is -0.475 e. The lowest BCUT2D eigenvalue weighted by Gasteiger charge is -2.36. The number of carboxylic acid groups (broad SMARTS) is 1. The maximum Gasteiger partial charge on any atom is 0.397 e. The highest BCUT2D eigenvalue weighted by molar-refractivity contribution is 7.80. The molecule has 0 aromatic heterocycles. The van der Waals surface area contributed by atoms with Crippen LogP contribution >= 0.6 is 0 Å². The molecule has 0 fully saturated rings. The summed E-state index contributed by atoms with van der Waals surface area (Å²) in [7, 11) is -4.98. The maximum absolute atomic E-state index is 11.0. The van der Waals surface area contributed by atoms with Gasteiger partial charge in [-0.2, -0.15) is 8.42 Å². The predicted molar refractivity (Wildman–Crippen MR) is 81.0 cm³/mol. The molecule has 7 unspecified atom stereocenters. The van der Waals surface area contributed by atoms with Crippen LogP contribution in [0.3, 0.4) is 0 Å². The summed E-state index contributed by atoms with van der Waals surface area (Å²) < 4.78 is 43.5. The second kappa shape index (κ2) is 9.49. The summed E-state index contributed by atoms with van der Waals surface area (Å²) >= 11 is 0. The smallest absolute Gasteiger partial charge is 0.397 e. The number of carboxylic acids is 1. The minimum absolute atomic E-state index is 0.0625. The molecular formula is C12H19NO13S. The first-order valence-electron chi connectivity index (χ1n) is 7.19. The van der Waals surface area contributed by atoms with Crippen LogP contribution in [0.4, 0.5) is 0 Å². The number of aliphatic hydroxyl groups excluding tert-OH is 4. The van der Waals surface area contributed by atoms with Crippen LogP contribution in [0.2, 0.25) is 0 Å². The molecule has 0 spiro atoms. The molecule has 0 aromatic rings. The molecule has 15 heteroatoms. The number of hydrogen-bond acceptors (Lipinski definition) is 12. The average Bonchev–Trinajstić information content (AvgIpc) is 2.58. The highest BCUT2D eigenvalue weighted by atomic mass is 32.3. The molecule has 7 atom stereocenters. The summed E-state index contributed by atoms with van der Waals surface area (Å²) in [5, 5.41) is 48.3. The van der Waals surface area contributed by atoms with Gasteiger partial charge in [-0.25, -0.2) is 8.98 Å². The fourth-order valence-corrected chi connectivity index (χ4v) is 2.29. The molecule has 0 amide bonds. The molecule has 1 aliphatic rings. The van der Waals surface area contributed by atoms with Crippen molar-refractivity contribution in [2.75, 3.05) is 6.61 Å². The van der Waals surface area contributed by atoms with Gasteiger partial charge < -0.3 is 45.5 Å². The van der Waals surface area contributed by atoms with Crippen LogP contribution in [0, 0.1) is 0 Å². The van der Waals surface area contributed by atoms with Crippen LogP contribution in [-0.2, 0) is 33.6 Å². The van der Waals surface area contributed by atoms with E-state index in [2.05, 4.69) is 4.18 Å². The molecule has 8 N–H and O–H groups in total. The van der Waals surface area contributed by atoms with Crippen molar-refractivity contribution in [2.24, 2.45) is 5.73 Å². The highest BCUT2D eigenvalue weighted by Gasteiger charge is 2.41. The van der Waals surface area contributed by atoms with E-state index in [1.807, 2.05) is 0 Å². The molecule has 0 aliphatic carbocycles. The van der Waals surface area contributed by atoms with E-state index in [0.717, 1.165) is 0 Å². The van der Waals surface area contributed by atoms with Crippen LogP contribution in [0.15, 0.2) is 11.8 Å². The zero-order chi connectivity index (χ0) is 20.9. The quantitative estimate of drug-likeness (QED) is 0.131. The molecule has 0 aromatic carbocycles. The number of nitrogens with two attached hydrogens (primary N) is 1. The summed E-state index contributed by atoms with van der Waals surface area (Å²) in [4.78, 5) is 21.7. The predicted octanol–water partition coefficient (Wildman–Crippen LogP) is -4.51. The number of carbonyl (C=O) groups is 2. The molecule has 0 saturated heterocycles. The second-order valence-electron chi connectivity index (χ2n) is 5.39. The lowest BCUT2D eigenvalue weighted by molar-refractivity contribution is -0.255. The van der Waals surface area contributed by atoms with Crippen molar-refractivity contribution in [3.05, 3.63) is 11.8 Å². The van der Waals surface area contributed by atoms with Crippen molar-refractivity contribution < 1.29 is 61.7 Å². The Kier molecular flexibility index (Phi) is 8.21. The number of aldehydes is 1. The van der Waals surface area contributed by atoms with Gasteiger partial charge in [-0.15, -0.1) is 0 Å². The SMILES string of the molecule is NC(C=O)C(O)C(OC1OC(C(=O)O)=CC(O)C1O)C(O)COS(=O)(=O)O. The second-order valence-corrected chi connectivity index (χ2v) is 6.48. The molecule has 27 heavy (non-hydrogen) atoms. The Labute approximate surface area is 152 Å². The third kappa shape index (κ3) is 6.76. The fraction of sp³-hybridized carbons (Fsp3) is 0.667. The van der Waals surface area contributed by atoms with Gasteiger partial charge in [-0.05, 0) is 6.08 Å². The summed E-state index contributed by atoms with van der Waals surface area (Å²) in [6.07, 6.45) is -10.9. The van der Waals surface area contributed by atoms with Gasteiger partial charge >= 0.3 is 16.4 Å². The molecule has 1 aliphatic heterocycles. The Morgan fingerprint density at radius 2 is 1.96 bits per heavy atom. The van der Waals surface area contributed by atoms with E-state index in [9.17, 15) is 38.4 Å². The Bertz CT molecular complexity index is 664. The third-order valence-electron chi connectivity index (χ3n) is 3.35. The summed E-state index contributed by atoms with van der Waals surface area (Å²) in [6.45, 7) is -1.17. The molecule has 0 bridgehead atoms. The van der Waals surface area contributed by atoms with Crippen LogP contribution in [-0.4, -0.2) is 100 Å². The van der Waals surface area contributed by atoms with Crippen molar-refractivity contribution in [1.29, 1.82) is 0 Å². The van der Waals surface area contributed by atoms with Crippen molar-refractivity contribution >= 4 is 22.7 Å². The zero-order valence-corrected chi connectivity index (χ0v) is 14.2. The Balaban J connectivity index is 3.03. The average molecular weight is 417 g/mol. The highest BCUT2D eigenvalue weighted by Crippen LogP contribution is 2.23. The van der Waals surface area contributed by atoms with Crippen LogP contribution in [0.25, 0.3) is 0 Å². The molecule has 0 radical (unpaired) electrons. The van der Waals surface area contributed by atoms with Gasteiger partial charge in [0.25, 0.3) is 0 Å². The molecule has 14 nitrogen and oxygen atoms in total. The number of carbonyl (C=O) groups excluding carboxylic acids is 1. The van der Waals surface area contributed by atoms with Crippen LogP contribution in [0.5, 0.6) is 0 Å². The number of ether oxygens (including phenoxy) is 2. The standard InChI is InChI=1S/C12H19NO13S/c13-4(2-14)8(17)10(6(16)3-24-27(21,22)23)26-12-9(18)5(15)1-7(25-12)11(19)20/h1-2,4-6,8-10,12,15-18H,3,13H2,(H,19,20)(H,21,22,23). The maximum atomic E-state index is 11.0. The Morgan fingerprint density at radius 1 is 1.37 bits per heavy atom. The van der Waals surface area contributed by atoms with E-state index in [1.54, 1.807) is 0 Å². The third-order valence-corrected chi connectivity index (χ3v) is 3.79. The topological polar surface area (TPSA) is 243 Å². The molecule has 0 saturated carbocycles. The summed E-state index contributed by atoms with van der Waals surface area (Å²) in [6, 6.07) is -1.66. The Hall–Kier alpha value is -1.69. The van der Waals surface area contributed by atoms with Gasteiger partial charge in [-0.3, -0.25) is 4.55 Å². The van der Waals surface area contributed by atoms with Gasteiger partial charge in [0.15, 0.2) is 0 Å². The van der Waals surface area contributed by atoms with Crippen molar-refractivity contribution in [3.8, 4) is 0 Å². The molecule has 1 rings (SSSR count). The van der Waals surface area contributed by atoms with Crippen LogP contribution < -0.4 is 5.73 Å². The first-order chi connectivity index (χ1) is 12.4. The van der Waals surface area contributed by atoms with E-state index < -0.39 is 71.6 Å². The monoisotopic (exact) mass is 417 g/mol. The van der Waals surface area contributed by atoms with Crippen LogP contribution in [0.1, 0.15) is 0 Å². The number of aliphatic carboxylic acids is 1. The first-order valence-corrected chi connectivity index (χ1v) is 8.56. The lowest BCUT2D eigenvalue weighted by atomic mass is 10.0. The Morgan fingerprint density at radius 3 is 2.44 bits per heavy atom. The van der Waals surface area contributed by atoms with Crippen molar-refractivity contribution in [3.63, 3.8) is 0 Å². The fourth-order valence-electron chi connectivity index (χ4n) is 1.98. The zero-order valence-electron chi connectivity index (χ0n) is 13.4. The largest absolute Gasteiger partial charge is 0.475 e. The minimum atomic E-state index is -4.98. The molecule has 1 heterocycles. The van der Waals surface area contributed by atoms with Gasteiger partial charge in [0.05, 0.1) is 12.6 Å². The van der Waals surface area contributed by atoms with E-state index >= 15 is 0 Å². The molecule has 156 valence electrons. The van der Waals surface area contributed by atoms with E-state index in [0.29, 0.717) is 6.08 Å². The number of hydrogen-bond donors (Lipinski definition) is 7. The molecular weight excluding hydrogens is 398 g/mol. The van der Waals surface area contributed by atoms with Gasteiger partial charge in [-0.1, -0.05) is 0 Å². The van der Waals surface area contributed by atoms with Gasteiger partial charge in [0.1, 0.15) is 36.8 Å². The summed E-state index contributed by atoms with van der Waals surface area (Å²) in [5.41, 5.74) is 5.30. The summed E-state index contributed by atoms with van der Waals surface area (Å²) in [5.74, 6) is -2.46. The van der Waals surface area contributed by atoms with Crippen molar-refractivity contribution in [1.82, 2.24) is 0 Å².